The molecule has 0 spiro atoms. The first-order valence-electron chi connectivity index (χ1n) is 29.8. The standard InChI is InChI=1S/C62H85ClN11O11PS/c1-42-56(87-41-66-42)44-14-12-43(13-15-44)38-64-59(78)51-37-47(75)40-74(51)60(79)57(62(2,3)4)69-54(76)20-28-82-30-32-84-34-35-85-33-31-83-29-21-55(77)73-26-24-72(25-27-73)45-18-22-71(23-19-45)46-16-17-49(52(36-46)81-5)68-61-65-39-48(63)58(70-61)67-50-10-8-9-11-53(50)86(6,7)80/h8-17,36,39,41,45,47,51,57,75H,18-35,37-38,40H2,1-7H3,(H,64,78)(H,69,76)(H2,65,67,68,70)/t47-,51+,57-/m1/s1. The number of hydrogen-bond donors (Lipinski definition) is 5. The van der Waals surface area contributed by atoms with Gasteiger partial charge in [0, 0.05) is 88.3 Å². The zero-order valence-electron chi connectivity index (χ0n) is 51.1. The van der Waals surface area contributed by atoms with E-state index >= 15 is 0 Å². The van der Waals surface area contributed by atoms with Crippen LogP contribution in [0.15, 0.2) is 78.4 Å². The molecule has 8 rings (SSSR count). The lowest BCUT2D eigenvalue weighted by molar-refractivity contribution is -0.144. The van der Waals surface area contributed by atoms with Gasteiger partial charge in [0.25, 0.3) is 0 Å². The highest BCUT2D eigenvalue weighted by molar-refractivity contribution is 7.70. The molecule has 22 nitrogen and oxygen atoms in total. The van der Waals surface area contributed by atoms with Gasteiger partial charge < -0.3 is 69.3 Å². The van der Waals surface area contributed by atoms with Gasteiger partial charge in [-0.05, 0) is 73.9 Å². The molecule has 5 N–H and O–H groups in total. The summed E-state index contributed by atoms with van der Waals surface area (Å²) in [7, 11) is -0.933. The number of carbonyl (C=O) groups excluding carboxylic acids is 4. The topological polar surface area (TPSA) is 251 Å². The maximum Gasteiger partial charge on any atom is 0.246 e. The van der Waals surface area contributed by atoms with Crippen LogP contribution in [-0.4, -0.2) is 202 Å². The van der Waals surface area contributed by atoms with E-state index < -0.39 is 36.7 Å². The van der Waals surface area contributed by atoms with E-state index in [-0.39, 0.29) is 56.9 Å². The Labute approximate surface area is 519 Å². The molecule has 472 valence electrons. The number of piperazine rings is 1. The lowest BCUT2D eigenvalue weighted by atomic mass is 9.85. The molecule has 3 aromatic carbocycles. The van der Waals surface area contributed by atoms with Gasteiger partial charge in [-0.15, -0.1) is 11.3 Å². The fraction of sp³-hybridized carbons (Fsp3) is 0.532. The fourth-order valence-electron chi connectivity index (χ4n) is 10.9. The van der Waals surface area contributed by atoms with Gasteiger partial charge in [0.15, 0.2) is 5.82 Å². The zero-order valence-corrected chi connectivity index (χ0v) is 53.5. The molecular formula is C62H85ClN11O11PS. The number of aromatic nitrogens is 3. The molecule has 2 aromatic heterocycles. The van der Waals surface area contributed by atoms with Gasteiger partial charge in [-0.1, -0.05) is 68.8 Å². The zero-order chi connectivity index (χ0) is 62.1. The van der Waals surface area contributed by atoms with E-state index in [4.69, 9.17) is 35.3 Å². The van der Waals surface area contributed by atoms with Crippen LogP contribution in [0.4, 0.5) is 28.8 Å². The molecule has 0 unspecified atom stereocenters. The number of aryl methyl sites for hydroxylation is 1. The minimum absolute atomic E-state index is 0.0112. The quantitative estimate of drug-likeness (QED) is 0.0237. The predicted octanol–water partition coefficient (Wildman–Crippen LogP) is 7.07. The van der Waals surface area contributed by atoms with Crippen LogP contribution in [0.1, 0.15) is 64.1 Å². The van der Waals surface area contributed by atoms with E-state index in [1.807, 2.05) is 98.8 Å². The first-order valence-corrected chi connectivity index (χ1v) is 33.6. The van der Waals surface area contributed by atoms with Gasteiger partial charge in [-0.3, -0.25) is 24.1 Å². The molecule has 25 heteroatoms. The smallest absolute Gasteiger partial charge is 0.246 e. The fourth-order valence-corrected chi connectivity index (χ4v) is 13.0. The second-order valence-electron chi connectivity index (χ2n) is 23.4. The number of halogens is 1. The average Bonchev–Trinajstić information content (AvgIpc) is 2.66. The molecule has 87 heavy (non-hydrogen) atoms. The second-order valence-corrected chi connectivity index (χ2v) is 27.9. The monoisotopic (exact) mass is 1260 g/mol. The number of para-hydroxylation sites is 1. The molecule has 3 aliphatic heterocycles. The summed E-state index contributed by atoms with van der Waals surface area (Å²) in [6, 6.07) is 20.0. The Bertz CT molecular complexity index is 3130. The highest BCUT2D eigenvalue weighted by Crippen LogP contribution is 2.39. The van der Waals surface area contributed by atoms with Crippen LogP contribution in [0.5, 0.6) is 5.75 Å². The van der Waals surface area contributed by atoms with Gasteiger partial charge in [0.2, 0.25) is 29.6 Å². The Balaban J connectivity index is 0.635. The maximum atomic E-state index is 14.0. The Morgan fingerprint density at radius 2 is 1.47 bits per heavy atom. The predicted molar refractivity (Wildman–Crippen MR) is 340 cm³/mol. The lowest BCUT2D eigenvalue weighted by Crippen LogP contribution is -2.57. The van der Waals surface area contributed by atoms with Crippen molar-refractivity contribution in [1.29, 1.82) is 0 Å². The molecule has 4 amide bonds. The van der Waals surface area contributed by atoms with Crippen molar-refractivity contribution in [1.82, 2.24) is 40.3 Å². The molecule has 0 saturated carbocycles. The van der Waals surface area contributed by atoms with Crippen molar-refractivity contribution in [2.75, 3.05) is 135 Å². The number of nitrogens with zero attached hydrogens (tertiary/aromatic N) is 7. The summed E-state index contributed by atoms with van der Waals surface area (Å²) in [4.78, 5) is 76.3. The summed E-state index contributed by atoms with van der Waals surface area (Å²) in [5, 5.41) is 23.9. The van der Waals surface area contributed by atoms with E-state index in [1.165, 1.54) is 11.1 Å². The number of benzene rings is 3. The van der Waals surface area contributed by atoms with Crippen LogP contribution in [0.3, 0.4) is 0 Å². The molecule has 3 saturated heterocycles. The highest BCUT2D eigenvalue weighted by Gasteiger charge is 2.44. The first-order chi connectivity index (χ1) is 41.7. The number of thiazole rings is 1. The largest absolute Gasteiger partial charge is 0.494 e. The number of anilines is 5. The van der Waals surface area contributed by atoms with Crippen LogP contribution in [0.25, 0.3) is 10.4 Å². The number of ether oxygens (including phenoxy) is 5. The minimum atomic E-state index is -2.57. The van der Waals surface area contributed by atoms with Crippen molar-refractivity contribution in [3.8, 4) is 16.2 Å². The number of aliphatic hydroxyl groups excluding tert-OH is 1. The summed E-state index contributed by atoms with van der Waals surface area (Å²) in [6.07, 6.45) is 3.10. The molecule has 5 heterocycles. The molecule has 0 radical (unpaired) electrons. The number of nitrogens with one attached hydrogen (secondary N) is 4. The summed E-state index contributed by atoms with van der Waals surface area (Å²) in [5.41, 5.74) is 6.47. The number of likely N-dealkylation sites (tertiary alicyclic amines) is 1. The molecular weight excluding hydrogens is 1170 g/mol. The number of piperidine rings is 1. The van der Waals surface area contributed by atoms with Crippen LogP contribution in [0.2, 0.25) is 5.02 Å². The van der Waals surface area contributed by atoms with E-state index in [0.717, 1.165) is 66.4 Å². The number of carbonyl (C=O) groups is 4. The molecule has 5 aromatic rings. The van der Waals surface area contributed by atoms with Crippen LogP contribution >= 0.6 is 30.1 Å². The first kappa shape index (κ1) is 66.7. The van der Waals surface area contributed by atoms with Crippen molar-refractivity contribution in [3.05, 3.63) is 94.7 Å². The van der Waals surface area contributed by atoms with E-state index in [1.54, 1.807) is 31.8 Å². The third kappa shape index (κ3) is 19.1. The summed E-state index contributed by atoms with van der Waals surface area (Å²) in [6.45, 7) is 18.5. The maximum absolute atomic E-state index is 14.0. The van der Waals surface area contributed by atoms with Gasteiger partial charge in [0.05, 0.1) is 106 Å². The Hall–Kier alpha value is -6.27. The molecule has 0 bridgehead atoms. The number of rotatable bonds is 29. The number of methoxy groups -OCH3 is 1. The third-order valence-corrected chi connectivity index (χ3v) is 18.5. The number of amides is 4. The Morgan fingerprint density at radius 3 is 2.10 bits per heavy atom. The van der Waals surface area contributed by atoms with E-state index in [0.29, 0.717) is 104 Å². The summed E-state index contributed by atoms with van der Waals surface area (Å²) >= 11 is 8.07. The number of aliphatic hydroxyl groups is 1. The molecule has 3 aliphatic rings. The van der Waals surface area contributed by atoms with Crippen LogP contribution < -0.4 is 36.2 Å². The lowest BCUT2D eigenvalue weighted by Gasteiger charge is -2.43. The summed E-state index contributed by atoms with van der Waals surface area (Å²) < 4.78 is 41.4. The number of hydrogen-bond acceptors (Lipinski definition) is 19. The van der Waals surface area contributed by atoms with Crippen molar-refractivity contribution in [2.24, 2.45) is 5.41 Å². The van der Waals surface area contributed by atoms with E-state index in [9.17, 15) is 28.8 Å². The highest BCUT2D eigenvalue weighted by atomic mass is 35.5. The summed E-state index contributed by atoms with van der Waals surface area (Å²) in [5.74, 6) is 0.289. The van der Waals surface area contributed by atoms with Crippen molar-refractivity contribution in [3.63, 3.8) is 0 Å². The SMILES string of the molecule is COc1cc(N2CCC(N3CCN(C(=O)CCOCCOCCOCCOCCC(=O)N[C@H](C(=O)N4C[C@H](O)C[C@H]4C(=O)NCc4ccc(-c5scnc5C)cc4)C(C)(C)C)CC3)CC2)ccc1Nc1ncc(Cl)c(Nc2ccccc2P(C)(C)=O)n1. The van der Waals surface area contributed by atoms with Gasteiger partial charge in [0.1, 0.15) is 30.0 Å². The van der Waals surface area contributed by atoms with Crippen molar-refractivity contribution >= 4 is 87.8 Å². The van der Waals surface area contributed by atoms with Crippen LogP contribution in [0, 0.1) is 12.3 Å². The van der Waals surface area contributed by atoms with Crippen molar-refractivity contribution < 1.29 is 52.5 Å². The van der Waals surface area contributed by atoms with Crippen LogP contribution in [-0.2, 0) is 49.2 Å². The van der Waals surface area contributed by atoms with Gasteiger partial charge in [-0.2, -0.15) is 4.98 Å². The van der Waals surface area contributed by atoms with E-state index in [2.05, 4.69) is 52.1 Å². The molecule has 3 atom stereocenters. The minimum Gasteiger partial charge on any atom is -0.494 e. The second kappa shape index (κ2) is 31.8. The average molecular weight is 1260 g/mol. The van der Waals surface area contributed by atoms with Gasteiger partial charge >= 0.3 is 0 Å². The normalized spacial score (nSPS) is 17.3. The van der Waals surface area contributed by atoms with Gasteiger partial charge in [-0.25, -0.2) is 9.97 Å². The molecule has 0 aliphatic carbocycles. The Kier molecular flexibility index (Phi) is 24.3. The molecule has 3 fully saturated rings. The van der Waals surface area contributed by atoms with Crippen molar-refractivity contribution in [2.45, 2.75) is 90.6 Å². The third-order valence-electron chi connectivity index (χ3n) is 15.7. The number of β-amino-alcohol motifs (C(OH)–C–C–N with tert-alkyl or cyclic N) is 1. The Morgan fingerprint density at radius 1 is 0.816 bits per heavy atom.